The van der Waals surface area contributed by atoms with Crippen LogP contribution in [0.25, 0.3) is 21.8 Å². The van der Waals surface area contributed by atoms with E-state index in [-0.39, 0.29) is 0 Å². The van der Waals surface area contributed by atoms with Crippen molar-refractivity contribution in [2.24, 2.45) is 7.05 Å². The number of carbonyl (C=O) groups excluding carboxylic acids is 1. The standard InChI is InChI=1S/C18H26N4O2.C9H8FN3O/c1-12-5-6-16(22-10-13(2)20-14(3)11-22)15-9-19-18(21-17(12)15)24-8-7-23-4;1-13-4-6-2-7(11-5-14)3-8(10)9(6)12-13/h5-6,9,13-14,20H,7-8,10-11H2,1-4H3;2-5H,1H3,(H,11,14)/t13-,14?;/m1./s1. The van der Waals surface area contributed by atoms with Crippen molar-refractivity contribution in [2.45, 2.75) is 32.9 Å². The molecular formula is C27H34FN7O3. The summed E-state index contributed by atoms with van der Waals surface area (Å²) in [5.74, 6) is -0.438. The van der Waals surface area contributed by atoms with Gasteiger partial charge in [0.15, 0.2) is 5.82 Å². The lowest BCUT2D eigenvalue weighted by Gasteiger charge is -2.38. The Morgan fingerprint density at radius 1 is 1.18 bits per heavy atom. The molecule has 5 rings (SSSR count). The molecule has 2 N–H and O–H groups in total. The van der Waals surface area contributed by atoms with Crippen LogP contribution in [0.1, 0.15) is 19.4 Å². The molecule has 1 unspecified atom stereocenters. The van der Waals surface area contributed by atoms with Gasteiger partial charge < -0.3 is 25.0 Å². The Balaban J connectivity index is 0.000000204. The normalized spacial score (nSPS) is 17.3. The van der Waals surface area contributed by atoms with E-state index >= 15 is 0 Å². The van der Waals surface area contributed by atoms with Crippen molar-refractivity contribution in [2.75, 3.05) is 43.6 Å². The molecule has 202 valence electrons. The molecule has 1 amide bonds. The van der Waals surface area contributed by atoms with E-state index < -0.39 is 5.82 Å². The summed E-state index contributed by atoms with van der Waals surface area (Å²) in [5.41, 5.74) is 4.01. The van der Waals surface area contributed by atoms with Gasteiger partial charge in [-0.1, -0.05) is 6.07 Å². The van der Waals surface area contributed by atoms with Crippen molar-refractivity contribution in [3.63, 3.8) is 0 Å². The number of fused-ring (bicyclic) bond motifs is 2. The molecule has 0 bridgehead atoms. The van der Waals surface area contributed by atoms with Crippen molar-refractivity contribution in [3.8, 4) is 6.01 Å². The van der Waals surface area contributed by atoms with Gasteiger partial charge in [-0.05, 0) is 44.5 Å². The Morgan fingerprint density at radius 3 is 2.66 bits per heavy atom. The highest BCUT2D eigenvalue weighted by atomic mass is 19.1. The Bertz CT molecular complexity index is 1400. The molecule has 0 aliphatic carbocycles. The lowest BCUT2D eigenvalue weighted by atomic mass is 10.1. The van der Waals surface area contributed by atoms with E-state index in [0.29, 0.717) is 54.3 Å². The van der Waals surface area contributed by atoms with E-state index in [1.54, 1.807) is 26.4 Å². The minimum atomic E-state index is -0.438. The van der Waals surface area contributed by atoms with E-state index in [0.717, 1.165) is 29.6 Å². The van der Waals surface area contributed by atoms with Gasteiger partial charge in [0.2, 0.25) is 6.41 Å². The van der Waals surface area contributed by atoms with Crippen molar-refractivity contribution < 1.29 is 18.7 Å². The first-order valence-electron chi connectivity index (χ1n) is 12.5. The van der Waals surface area contributed by atoms with Crippen LogP contribution in [0.3, 0.4) is 0 Å². The Hall–Kier alpha value is -3.83. The number of halogens is 1. The van der Waals surface area contributed by atoms with Crippen LogP contribution in [0.5, 0.6) is 6.01 Å². The van der Waals surface area contributed by atoms with E-state index in [9.17, 15) is 9.18 Å². The van der Waals surface area contributed by atoms with Crippen LogP contribution in [0.4, 0.5) is 15.8 Å². The maximum absolute atomic E-state index is 13.4. The largest absolute Gasteiger partial charge is 0.461 e. The lowest BCUT2D eigenvalue weighted by Crippen LogP contribution is -2.54. The zero-order valence-corrected chi connectivity index (χ0v) is 22.4. The molecule has 2 aromatic heterocycles. The van der Waals surface area contributed by atoms with Gasteiger partial charge in [0.25, 0.3) is 0 Å². The number of rotatable bonds is 7. The molecule has 0 spiro atoms. The molecule has 1 aliphatic rings. The second-order valence-electron chi connectivity index (χ2n) is 9.49. The zero-order valence-electron chi connectivity index (χ0n) is 22.4. The van der Waals surface area contributed by atoms with Gasteiger partial charge in [-0.2, -0.15) is 10.1 Å². The third-order valence-corrected chi connectivity index (χ3v) is 6.23. The average Bonchev–Trinajstić information content (AvgIpc) is 3.25. The molecule has 3 heterocycles. The Labute approximate surface area is 221 Å². The summed E-state index contributed by atoms with van der Waals surface area (Å²) in [6.45, 7) is 9.45. The second-order valence-corrected chi connectivity index (χ2v) is 9.49. The van der Waals surface area contributed by atoms with Crippen LogP contribution in [0.15, 0.2) is 36.7 Å². The van der Waals surface area contributed by atoms with Gasteiger partial charge in [-0.25, -0.2) is 9.37 Å². The van der Waals surface area contributed by atoms with Crippen LogP contribution in [0.2, 0.25) is 0 Å². The second kappa shape index (κ2) is 12.1. The first-order chi connectivity index (χ1) is 18.3. The quantitative estimate of drug-likeness (QED) is 0.280. The number of piperazine rings is 1. The molecule has 11 heteroatoms. The van der Waals surface area contributed by atoms with Gasteiger partial charge in [0.05, 0.1) is 12.1 Å². The minimum absolute atomic E-state index is 0.309. The Morgan fingerprint density at radius 2 is 1.95 bits per heavy atom. The molecule has 1 fully saturated rings. The highest BCUT2D eigenvalue weighted by Gasteiger charge is 2.23. The van der Waals surface area contributed by atoms with Gasteiger partial charge in [0, 0.05) is 73.9 Å². The predicted octanol–water partition coefficient (Wildman–Crippen LogP) is 3.43. The summed E-state index contributed by atoms with van der Waals surface area (Å²) >= 11 is 0. The van der Waals surface area contributed by atoms with Crippen molar-refractivity contribution >= 4 is 39.6 Å². The predicted molar refractivity (Wildman–Crippen MR) is 146 cm³/mol. The highest BCUT2D eigenvalue weighted by Crippen LogP contribution is 2.30. The maximum atomic E-state index is 13.4. The van der Waals surface area contributed by atoms with Crippen molar-refractivity contribution in [3.05, 3.63) is 48.0 Å². The van der Waals surface area contributed by atoms with Gasteiger partial charge in [-0.3, -0.25) is 9.48 Å². The number of carbonyl (C=O) groups is 1. The molecule has 10 nitrogen and oxygen atoms in total. The fourth-order valence-corrected chi connectivity index (χ4v) is 4.67. The number of aromatic nitrogens is 4. The van der Waals surface area contributed by atoms with E-state index in [4.69, 9.17) is 9.47 Å². The highest BCUT2D eigenvalue weighted by molar-refractivity contribution is 5.93. The van der Waals surface area contributed by atoms with Crippen LogP contribution >= 0.6 is 0 Å². The fourth-order valence-electron chi connectivity index (χ4n) is 4.67. The summed E-state index contributed by atoms with van der Waals surface area (Å²) in [7, 11) is 3.36. The molecular weight excluding hydrogens is 489 g/mol. The summed E-state index contributed by atoms with van der Waals surface area (Å²) in [6.07, 6.45) is 4.08. The number of hydrogen-bond donors (Lipinski definition) is 2. The molecule has 4 aromatic rings. The van der Waals surface area contributed by atoms with Crippen molar-refractivity contribution in [1.29, 1.82) is 0 Å². The van der Waals surface area contributed by atoms with E-state index in [1.807, 2.05) is 6.20 Å². The number of ether oxygens (including phenoxy) is 2. The SMILES string of the molecule is COCCOc1ncc2c(N3CC(C)N[C@H](C)C3)ccc(C)c2n1.Cn1cc2cc(NC=O)cc(F)c2n1. The molecule has 1 aliphatic heterocycles. The number of nitrogens with one attached hydrogen (secondary N) is 2. The van der Waals surface area contributed by atoms with Crippen LogP contribution in [0, 0.1) is 12.7 Å². The van der Waals surface area contributed by atoms with E-state index in [2.05, 4.69) is 63.5 Å². The minimum Gasteiger partial charge on any atom is -0.461 e. The molecule has 38 heavy (non-hydrogen) atoms. The number of hydrogen-bond acceptors (Lipinski definition) is 8. The molecule has 0 radical (unpaired) electrons. The third-order valence-electron chi connectivity index (χ3n) is 6.23. The summed E-state index contributed by atoms with van der Waals surface area (Å²) in [5, 5.41) is 11.6. The van der Waals surface area contributed by atoms with Gasteiger partial charge in [-0.15, -0.1) is 0 Å². The smallest absolute Gasteiger partial charge is 0.317 e. The third kappa shape index (κ3) is 6.35. The maximum Gasteiger partial charge on any atom is 0.317 e. The van der Waals surface area contributed by atoms with E-state index in [1.165, 1.54) is 16.4 Å². The number of methoxy groups -OCH3 is 1. The number of aryl methyl sites for hydroxylation is 2. The van der Waals surface area contributed by atoms with Gasteiger partial charge in [0.1, 0.15) is 12.1 Å². The van der Waals surface area contributed by atoms with Crippen molar-refractivity contribution in [1.82, 2.24) is 25.1 Å². The number of amides is 1. The molecule has 0 saturated carbocycles. The number of anilines is 2. The van der Waals surface area contributed by atoms with Crippen LogP contribution in [-0.2, 0) is 16.6 Å². The van der Waals surface area contributed by atoms with Gasteiger partial charge >= 0.3 is 6.01 Å². The molecule has 1 saturated heterocycles. The van der Waals surface area contributed by atoms with Crippen LogP contribution < -0.4 is 20.3 Å². The summed E-state index contributed by atoms with van der Waals surface area (Å²) < 4.78 is 25.4. The average molecular weight is 524 g/mol. The molecule has 2 atom stereocenters. The topological polar surface area (TPSA) is 106 Å². The number of benzene rings is 2. The lowest BCUT2D eigenvalue weighted by molar-refractivity contribution is -0.105. The number of nitrogens with zero attached hydrogens (tertiary/aromatic N) is 5. The summed E-state index contributed by atoms with van der Waals surface area (Å²) in [6, 6.07) is 8.54. The fraction of sp³-hybridized carbons (Fsp3) is 0.407. The molecule has 2 aromatic carbocycles. The first-order valence-corrected chi connectivity index (χ1v) is 12.5. The monoisotopic (exact) mass is 523 g/mol. The zero-order chi connectivity index (χ0) is 27.2. The Kier molecular flexibility index (Phi) is 8.70. The van der Waals surface area contributed by atoms with Crippen LogP contribution in [-0.4, -0.2) is 71.7 Å². The summed E-state index contributed by atoms with van der Waals surface area (Å²) in [4.78, 5) is 21.6. The first kappa shape index (κ1) is 27.2.